The molecule has 0 spiro atoms. The molecule has 0 heterocycles. The van der Waals surface area contributed by atoms with Crippen molar-refractivity contribution in [3.8, 4) is 0 Å². The lowest BCUT2D eigenvalue weighted by Crippen LogP contribution is -2.28. The van der Waals surface area contributed by atoms with Gasteiger partial charge in [-0.2, -0.15) is 0 Å². The highest BCUT2D eigenvalue weighted by Gasteiger charge is 2.15. The Morgan fingerprint density at radius 2 is 1.73 bits per heavy atom. The number of rotatable bonds is 7. The summed E-state index contributed by atoms with van der Waals surface area (Å²) >= 11 is 0. The fraction of sp³-hybridized carbons (Fsp3) is 0.778. The molecule has 0 aliphatic carbocycles. The van der Waals surface area contributed by atoms with Gasteiger partial charge in [-0.1, -0.05) is 0 Å². The molecule has 0 aromatic rings. The number of carboxylic acid groups (broad SMARTS) is 1. The maximum absolute atomic E-state index is 11.0. The number of carboxylic acids is 1. The van der Waals surface area contributed by atoms with Crippen molar-refractivity contribution in [2.45, 2.75) is 45.0 Å². The molecular formula is C9H16O6. The number of aliphatic hydroxyl groups excluding tert-OH is 2. The number of carbonyl (C=O) groups is 2. The van der Waals surface area contributed by atoms with E-state index in [9.17, 15) is 9.59 Å². The molecule has 6 heteroatoms. The van der Waals surface area contributed by atoms with Crippen molar-refractivity contribution < 1.29 is 29.6 Å². The summed E-state index contributed by atoms with van der Waals surface area (Å²) in [6.45, 7) is 1.29. The summed E-state index contributed by atoms with van der Waals surface area (Å²) in [7, 11) is 0. The minimum absolute atomic E-state index is 0.00619. The third-order valence-electron chi connectivity index (χ3n) is 1.69. The second kappa shape index (κ2) is 7.19. The number of esters is 1. The van der Waals surface area contributed by atoms with Gasteiger partial charge in [0, 0.05) is 12.8 Å². The number of aliphatic carboxylic acids is 1. The van der Waals surface area contributed by atoms with E-state index in [1.165, 1.54) is 6.92 Å². The average Bonchev–Trinajstić information content (AvgIpc) is 2.12. The van der Waals surface area contributed by atoms with Crippen LogP contribution in [0.1, 0.15) is 32.6 Å². The zero-order chi connectivity index (χ0) is 11.8. The Bertz CT molecular complexity index is 213. The molecule has 0 aliphatic rings. The second-order valence-electron chi connectivity index (χ2n) is 3.22. The summed E-state index contributed by atoms with van der Waals surface area (Å²) in [6, 6.07) is 0. The monoisotopic (exact) mass is 220 g/mol. The van der Waals surface area contributed by atoms with Crippen LogP contribution < -0.4 is 0 Å². The number of unbranched alkanes of at least 4 members (excludes halogenated alkanes) is 1. The van der Waals surface area contributed by atoms with Gasteiger partial charge in [-0.3, -0.25) is 9.59 Å². The molecule has 0 rings (SSSR count). The summed E-state index contributed by atoms with van der Waals surface area (Å²) in [6.07, 6.45) is -1.83. The van der Waals surface area contributed by atoms with Gasteiger partial charge in [0.25, 0.3) is 0 Å². The Morgan fingerprint density at radius 3 is 2.20 bits per heavy atom. The molecule has 0 fully saturated rings. The fourth-order valence-corrected chi connectivity index (χ4v) is 0.838. The highest BCUT2D eigenvalue weighted by molar-refractivity contribution is 5.69. The average molecular weight is 220 g/mol. The van der Waals surface area contributed by atoms with E-state index in [-0.39, 0.29) is 12.8 Å². The van der Waals surface area contributed by atoms with E-state index >= 15 is 0 Å². The Hall–Kier alpha value is -1.14. The van der Waals surface area contributed by atoms with Gasteiger partial charge in [0.15, 0.2) is 0 Å². The maximum atomic E-state index is 11.0. The van der Waals surface area contributed by atoms with Crippen LogP contribution in [-0.2, 0) is 14.3 Å². The SMILES string of the molecule is CC(O)C(O)OC(=O)CCCCC(=O)O. The molecular weight excluding hydrogens is 204 g/mol. The van der Waals surface area contributed by atoms with Crippen LogP contribution in [0.4, 0.5) is 0 Å². The predicted molar refractivity (Wildman–Crippen MR) is 49.9 cm³/mol. The lowest BCUT2D eigenvalue weighted by atomic mass is 10.2. The normalized spacial score (nSPS) is 14.3. The van der Waals surface area contributed by atoms with E-state index in [1.54, 1.807) is 0 Å². The smallest absolute Gasteiger partial charge is 0.308 e. The molecule has 2 unspecified atom stereocenters. The standard InChI is InChI=1S/C9H16O6/c1-6(10)9(14)15-8(13)5-3-2-4-7(11)12/h6,9-10,14H,2-5H2,1H3,(H,11,12). The van der Waals surface area contributed by atoms with Gasteiger partial charge in [-0.05, 0) is 19.8 Å². The van der Waals surface area contributed by atoms with Crippen molar-refractivity contribution >= 4 is 11.9 Å². The van der Waals surface area contributed by atoms with E-state index in [0.717, 1.165) is 0 Å². The molecule has 0 saturated heterocycles. The Morgan fingerprint density at radius 1 is 1.20 bits per heavy atom. The predicted octanol–water partition coefficient (Wildman–Crippen LogP) is -0.126. The van der Waals surface area contributed by atoms with Crippen molar-refractivity contribution in [2.75, 3.05) is 0 Å². The first-order valence-corrected chi connectivity index (χ1v) is 4.71. The van der Waals surface area contributed by atoms with Crippen molar-refractivity contribution in [3.63, 3.8) is 0 Å². The highest BCUT2D eigenvalue weighted by Crippen LogP contribution is 2.04. The molecule has 0 radical (unpaired) electrons. The molecule has 6 nitrogen and oxygen atoms in total. The van der Waals surface area contributed by atoms with E-state index in [4.69, 9.17) is 15.3 Å². The molecule has 0 saturated carbocycles. The number of carbonyl (C=O) groups excluding carboxylic acids is 1. The first kappa shape index (κ1) is 13.9. The summed E-state index contributed by atoms with van der Waals surface area (Å²) in [5.74, 6) is -1.55. The van der Waals surface area contributed by atoms with Gasteiger partial charge in [0.1, 0.15) is 6.10 Å². The van der Waals surface area contributed by atoms with Gasteiger partial charge in [-0.25, -0.2) is 0 Å². The largest absolute Gasteiger partial charge is 0.481 e. The topological polar surface area (TPSA) is 104 Å². The number of hydrogen-bond donors (Lipinski definition) is 3. The third-order valence-corrected chi connectivity index (χ3v) is 1.69. The number of hydrogen-bond acceptors (Lipinski definition) is 5. The van der Waals surface area contributed by atoms with Gasteiger partial charge in [0.2, 0.25) is 6.29 Å². The Labute approximate surface area is 87.5 Å². The minimum atomic E-state index is -1.52. The van der Waals surface area contributed by atoms with Crippen LogP contribution in [0.5, 0.6) is 0 Å². The van der Waals surface area contributed by atoms with Gasteiger partial charge >= 0.3 is 11.9 Å². The second-order valence-corrected chi connectivity index (χ2v) is 3.22. The van der Waals surface area contributed by atoms with Crippen molar-refractivity contribution in [2.24, 2.45) is 0 Å². The number of aliphatic hydroxyl groups is 2. The van der Waals surface area contributed by atoms with Crippen LogP contribution >= 0.6 is 0 Å². The first-order valence-electron chi connectivity index (χ1n) is 4.71. The summed E-state index contributed by atoms with van der Waals surface area (Å²) in [5, 5.41) is 26.1. The zero-order valence-corrected chi connectivity index (χ0v) is 8.55. The molecule has 88 valence electrons. The van der Waals surface area contributed by atoms with Gasteiger partial charge < -0.3 is 20.1 Å². The van der Waals surface area contributed by atoms with E-state index in [1.807, 2.05) is 0 Å². The first-order chi connectivity index (χ1) is 6.93. The van der Waals surface area contributed by atoms with Crippen LogP contribution in [0.25, 0.3) is 0 Å². The van der Waals surface area contributed by atoms with Gasteiger partial charge in [0.05, 0.1) is 0 Å². The molecule has 3 N–H and O–H groups in total. The summed E-state index contributed by atoms with van der Waals surface area (Å²) in [4.78, 5) is 21.1. The van der Waals surface area contributed by atoms with E-state index in [0.29, 0.717) is 12.8 Å². The highest BCUT2D eigenvalue weighted by atomic mass is 16.6. The lowest BCUT2D eigenvalue weighted by molar-refractivity contribution is -0.184. The van der Waals surface area contributed by atoms with Crippen LogP contribution in [0.15, 0.2) is 0 Å². The molecule has 0 aromatic carbocycles. The Balaban J connectivity index is 3.53. The van der Waals surface area contributed by atoms with Crippen molar-refractivity contribution in [1.29, 1.82) is 0 Å². The zero-order valence-electron chi connectivity index (χ0n) is 8.55. The van der Waals surface area contributed by atoms with Crippen LogP contribution in [-0.4, -0.2) is 39.7 Å². The Kier molecular flexibility index (Phi) is 6.64. The van der Waals surface area contributed by atoms with E-state index < -0.39 is 24.3 Å². The lowest BCUT2D eigenvalue weighted by Gasteiger charge is -2.13. The molecule has 0 aliphatic heterocycles. The molecule has 15 heavy (non-hydrogen) atoms. The molecule has 0 amide bonds. The maximum Gasteiger partial charge on any atom is 0.308 e. The van der Waals surface area contributed by atoms with Crippen molar-refractivity contribution in [3.05, 3.63) is 0 Å². The summed E-state index contributed by atoms with van der Waals surface area (Å²) < 4.78 is 4.44. The molecule has 0 aromatic heterocycles. The molecule has 2 atom stereocenters. The van der Waals surface area contributed by atoms with E-state index in [2.05, 4.69) is 4.74 Å². The fourth-order valence-electron chi connectivity index (χ4n) is 0.838. The van der Waals surface area contributed by atoms with Crippen LogP contribution in [0, 0.1) is 0 Å². The third kappa shape index (κ3) is 7.90. The number of ether oxygens (including phenoxy) is 1. The van der Waals surface area contributed by atoms with Crippen molar-refractivity contribution in [1.82, 2.24) is 0 Å². The quantitative estimate of drug-likeness (QED) is 0.314. The van der Waals surface area contributed by atoms with Crippen LogP contribution in [0.2, 0.25) is 0 Å². The minimum Gasteiger partial charge on any atom is -0.481 e. The molecule has 0 bridgehead atoms. The van der Waals surface area contributed by atoms with Crippen LogP contribution in [0.3, 0.4) is 0 Å². The van der Waals surface area contributed by atoms with Gasteiger partial charge in [-0.15, -0.1) is 0 Å². The summed E-state index contributed by atoms with van der Waals surface area (Å²) in [5.41, 5.74) is 0.